The Balaban J connectivity index is 0.000000104. The summed E-state index contributed by atoms with van der Waals surface area (Å²) in [6.45, 7) is 2.84. The van der Waals surface area contributed by atoms with E-state index in [0.717, 1.165) is 94.1 Å². The number of halogens is 4. The summed E-state index contributed by atoms with van der Waals surface area (Å²) in [6.07, 6.45) is 28.4. The predicted molar refractivity (Wildman–Crippen MR) is 384 cm³/mol. The van der Waals surface area contributed by atoms with E-state index in [9.17, 15) is 17.6 Å². The number of pyridine rings is 5. The van der Waals surface area contributed by atoms with Crippen LogP contribution in [-0.4, -0.2) is 177 Å². The van der Waals surface area contributed by atoms with Gasteiger partial charge in [0.1, 0.15) is 40.1 Å². The molecule has 552 valence electrons. The van der Waals surface area contributed by atoms with Crippen LogP contribution in [0.1, 0.15) is 107 Å². The zero-order valence-electron chi connectivity index (χ0n) is 58.4. The molecule has 3 saturated carbocycles. The van der Waals surface area contributed by atoms with Gasteiger partial charge in [-0.3, -0.25) is 0 Å². The van der Waals surface area contributed by atoms with Gasteiger partial charge in [-0.2, -0.15) is 51.6 Å². The lowest BCUT2D eigenvalue weighted by Crippen LogP contribution is -2.15. The van der Waals surface area contributed by atoms with Crippen LogP contribution in [0.5, 0.6) is 0 Å². The first-order valence-electron chi connectivity index (χ1n) is 35.8. The summed E-state index contributed by atoms with van der Waals surface area (Å²) < 4.78 is 63.5. The normalized spacial score (nSPS) is 14.3. The highest BCUT2D eigenvalue weighted by atomic mass is 19.2. The number of fused-ring (bicyclic) bond motifs is 5. The summed E-state index contributed by atoms with van der Waals surface area (Å²) in [4.78, 5) is 22.0. The highest BCUT2D eigenvalue weighted by Crippen LogP contribution is 2.34. The van der Waals surface area contributed by atoms with E-state index in [2.05, 4.69) is 143 Å². The van der Waals surface area contributed by atoms with Gasteiger partial charge in [-0.05, 0) is 167 Å². The molecule has 0 spiro atoms. The van der Waals surface area contributed by atoms with Crippen LogP contribution in [0.3, 0.4) is 0 Å². The van der Waals surface area contributed by atoms with Crippen LogP contribution in [0.15, 0.2) is 128 Å². The number of aromatic amines is 5. The van der Waals surface area contributed by atoms with Gasteiger partial charge in [-0.25, -0.2) is 65.9 Å². The third-order valence-corrected chi connectivity index (χ3v) is 19.5. The maximum atomic E-state index is 13.9. The molecule has 17 aromatic rings. The quantitative estimate of drug-likeness (QED) is 0.0470. The van der Waals surface area contributed by atoms with Crippen LogP contribution in [0.25, 0.3) is 113 Å². The Morgan fingerprint density at radius 1 is 0.312 bits per heavy atom. The maximum absolute atomic E-state index is 13.9. The molecule has 5 N–H and O–H groups in total. The number of aromatic nitrogens is 35. The largest absolute Gasteiger partial charge is 0.246 e. The summed E-state index contributed by atoms with van der Waals surface area (Å²) in [6, 6.07) is 26.2. The van der Waals surface area contributed by atoms with E-state index in [1.807, 2.05) is 56.6 Å². The van der Waals surface area contributed by atoms with E-state index in [4.69, 9.17) is 10.2 Å². The molecule has 0 unspecified atom stereocenters. The third kappa shape index (κ3) is 15.7. The number of rotatable bonds is 15. The first-order valence-corrected chi connectivity index (χ1v) is 35.8. The minimum atomic E-state index is -0.898. The van der Waals surface area contributed by atoms with Crippen molar-refractivity contribution in [2.75, 3.05) is 0 Å². The molecule has 35 nitrogen and oxygen atoms in total. The standard InChI is InChI=1S/C15H19N7.2C14H9F2N7.C14H17N7.C13H15N7/c1-2-4-7-11(6-3-1)10-22-15-12(8-5-9-16-15)13(19-22)14-17-20-21-18-14;15-10-5-1-3-8(11(10)16)7-23-14-9(4-2-6-17-14)12(20-23)13-18-21-22-19-13;15-9-3-4-11(16)8(6-9)7-23-14-10(2-1-5-17-14)12(20-23)13-18-21-22-19-13;1-2-5-10(6-3-1)9-21-14-11(7-4-8-15-14)12(18-21)13-16-19-20-17-13;1-2-5-9(4-1)8-20-13-10(6-3-7-14-13)11(17-20)12-15-18-19-16-12/h5,8-9,11H,1-4,6-7,10H2,(H,17,18,20,21);2*1-6H,7H2,(H,18,19,21,22);4,7-8,10H,1-3,5-6,9H2,(H,16,17,19,20);3,6-7,9H,1-2,4-5,8H2,(H,15,16,18,19). The molecule has 2 aromatic carbocycles. The minimum absolute atomic E-state index is 0.0367. The van der Waals surface area contributed by atoms with Crippen LogP contribution in [0.4, 0.5) is 17.6 Å². The van der Waals surface area contributed by atoms with Crippen molar-refractivity contribution in [1.29, 1.82) is 0 Å². The summed E-state index contributed by atoms with van der Waals surface area (Å²) >= 11 is 0. The average molecular weight is 1480 g/mol. The number of H-pyrrole nitrogens is 5. The fraction of sp³-hybridized carbons (Fsp3) is 0.329. The Labute approximate surface area is 614 Å². The van der Waals surface area contributed by atoms with E-state index in [1.54, 1.807) is 49.1 Å². The molecule has 20 rings (SSSR count). The van der Waals surface area contributed by atoms with E-state index in [-0.39, 0.29) is 24.2 Å². The molecule has 15 heterocycles. The number of nitrogens with one attached hydrogen (secondary N) is 5. The molecule has 0 radical (unpaired) electrons. The smallest absolute Gasteiger partial charge is 0.225 e. The van der Waals surface area contributed by atoms with Crippen LogP contribution >= 0.6 is 0 Å². The zero-order chi connectivity index (χ0) is 73.8. The summed E-state index contributed by atoms with van der Waals surface area (Å²) in [5.74, 6) is 1.46. The van der Waals surface area contributed by atoms with Crippen molar-refractivity contribution < 1.29 is 17.6 Å². The van der Waals surface area contributed by atoms with Gasteiger partial charge in [0.05, 0.1) is 40.0 Å². The number of hydrogen-bond acceptors (Lipinski definition) is 25. The molecule has 0 amide bonds. The SMILES string of the molecule is Fc1ccc(F)c(Cn2nc(-c3nn[nH]n3)c3cccnc32)c1.Fc1cccc(Cn2nc(-c3nn[nH]n3)c3cccnc32)c1F.c1cnc2c(c1)c(-c1nn[nH]n1)nn2CC1CCCC1.c1cnc2c(c1)c(-c1nn[nH]n1)nn2CC1CCCCC1.c1cnc2c(c1)c(-c1nn[nH]n1)nn2CC1CCCCCC1. The van der Waals surface area contributed by atoms with Crippen molar-refractivity contribution in [3.63, 3.8) is 0 Å². The van der Waals surface area contributed by atoms with Crippen LogP contribution in [0.2, 0.25) is 0 Å². The molecule has 3 aliphatic rings. The number of tetrazole rings is 5. The third-order valence-electron chi connectivity index (χ3n) is 19.5. The highest BCUT2D eigenvalue weighted by Gasteiger charge is 2.26. The Morgan fingerprint density at radius 2 is 0.615 bits per heavy atom. The molecular formula is C70H69F4N35. The molecule has 0 saturated heterocycles. The van der Waals surface area contributed by atoms with Crippen molar-refractivity contribution in [2.45, 2.75) is 129 Å². The van der Waals surface area contributed by atoms with Crippen molar-refractivity contribution >= 4 is 55.2 Å². The first-order chi connectivity index (χ1) is 53.7. The lowest BCUT2D eigenvalue weighted by molar-refractivity contribution is 0.311. The Morgan fingerprint density at radius 3 is 0.945 bits per heavy atom. The van der Waals surface area contributed by atoms with Crippen LogP contribution < -0.4 is 0 Å². The number of benzene rings is 2. The second-order valence-electron chi connectivity index (χ2n) is 26.6. The summed E-state index contributed by atoms with van der Waals surface area (Å²) in [5.41, 5.74) is 7.32. The fourth-order valence-electron chi connectivity index (χ4n) is 14.3. The molecule has 3 fully saturated rings. The van der Waals surface area contributed by atoms with E-state index >= 15 is 0 Å². The number of hydrogen-bond donors (Lipinski definition) is 5. The predicted octanol–water partition coefficient (Wildman–Crippen LogP) is 10.5. The number of nitrogens with zero attached hydrogens (tertiary/aromatic N) is 30. The van der Waals surface area contributed by atoms with Crippen molar-refractivity contribution in [3.8, 4) is 57.6 Å². The summed E-state index contributed by atoms with van der Waals surface area (Å²) in [5, 5.41) is 97.1. The topological polar surface area (TPSA) is 426 Å². The molecule has 0 aliphatic heterocycles. The molecule has 39 heteroatoms. The van der Waals surface area contributed by atoms with E-state index < -0.39 is 23.3 Å². The van der Waals surface area contributed by atoms with Crippen molar-refractivity contribution in [3.05, 3.63) is 162 Å². The fourth-order valence-corrected chi connectivity index (χ4v) is 14.3. The molecule has 15 aromatic heterocycles. The second kappa shape index (κ2) is 32.5. The minimum Gasteiger partial charge on any atom is -0.246 e. The molecule has 3 aliphatic carbocycles. The van der Waals surface area contributed by atoms with Gasteiger partial charge < -0.3 is 0 Å². The Bertz CT molecular complexity index is 5660. The van der Waals surface area contributed by atoms with Gasteiger partial charge in [0, 0.05) is 61.7 Å². The van der Waals surface area contributed by atoms with Gasteiger partial charge in [0.2, 0.25) is 29.1 Å². The van der Waals surface area contributed by atoms with Crippen LogP contribution in [-0.2, 0) is 32.7 Å². The van der Waals surface area contributed by atoms with Gasteiger partial charge in [0.25, 0.3) is 0 Å². The Kier molecular flexibility index (Phi) is 20.9. The lowest BCUT2D eigenvalue weighted by atomic mass is 9.89. The average Bonchev–Trinajstić information content (AvgIpc) is 1.67. The van der Waals surface area contributed by atoms with Crippen LogP contribution in [0, 0.1) is 41.0 Å². The zero-order valence-corrected chi connectivity index (χ0v) is 58.4. The van der Waals surface area contributed by atoms with Crippen molar-refractivity contribution in [1.82, 2.24) is 177 Å². The van der Waals surface area contributed by atoms with E-state index in [0.29, 0.717) is 80.3 Å². The molecule has 0 bridgehead atoms. The van der Waals surface area contributed by atoms with E-state index in [1.165, 1.54) is 118 Å². The van der Waals surface area contributed by atoms with Gasteiger partial charge in [-0.1, -0.05) is 69.9 Å². The summed E-state index contributed by atoms with van der Waals surface area (Å²) in [7, 11) is 0. The van der Waals surface area contributed by atoms with Gasteiger partial charge >= 0.3 is 0 Å². The monoisotopic (exact) mass is 1480 g/mol. The first kappa shape index (κ1) is 70.0. The molecule has 109 heavy (non-hydrogen) atoms. The molecule has 0 atom stereocenters. The highest BCUT2D eigenvalue weighted by molar-refractivity contribution is 5.92. The van der Waals surface area contributed by atoms with Gasteiger partial charge in [-0.15, -0.1) is 51.0 Å². The molecular weight excluding hydrogens is 1410 g/mol. The maximum Gasteiger partial charge on any atom is 0.225 e. The Hall–Kier alpha value is -13.4. The van der Waals surface area contributed by atoms with Crippen molar-refractivity contribution in [2.24, 2.45) is 17.8 Å². The van der Waals surface area contributed by atoms with Gasteiger partial charge in [0.15, 0.2) is 39.9 Å². The second-order valence-corrected chi connectivity index (χ2v) is 26.6. The lowest BCUT2D eigenvalue weighted by Gasteiger charge is -2.21.